The number of aliphatic carboxylic acids is 1. The highest BCUT2D eigenvalue weighted by molar-refractivity contribution is 7.12. The molecule has 0 fully saturated rings. The second kappa shape index (κ2) is 6.89. The third kappa shape index (κ3) is 4.70. The molecule has 7 heteroatoms. The van der Waals surface area contributed by atoms with Crippen LogP contribution in [0.1, 0.15) is 23.5 Å². The molecule has 1 heterocycles. The molecule has 104 valence electrons. The van der Waals surface area contributed by atoms with Crippen molar-refractivity contribution in [2.24, 2.45) is 5.92 Å². The zero-order chi connectivity index (χ0) is 14.4. The van der Waals surface area contributed by atoms with Crippen molar-refractivity contribution in [1.29, 1.82) is 0 Å². The Balaban J connectivity index is 2.53. The first-order valence-electron chi connectivity index (χ1n) is 5.76. The largest absolute Gasteiger partial charge is 0.480 e. The minimum atomic E-state index is -1.18. The standard InChI is InChI=1S/C12H16N2O4S/c1-7(2)10(15)14-8(12(17)18)6-13-11(16)9-4-3-5-19-9/h3-5,7-8H,6H2,1-2H3,(H,13,16)(H,14,15)(H,17,18). The molecule has 1 aromatic rings. The molecule has 3 N–H and O–H groups in total. The van der Waals surface area contributed by atoms with E-state index in [2.05, 4.69) is 10.6 Å². The van der Waals surface area contributed by atoms with E-state index in [0.717, 1.165) is 0 Å². The number of rotatable bonds is 6. The molecular formula is C12H16N2O4S. The Labute approximate surface area is 114 Å². The highest BCUT2D eigenvalue weighted by Crippen LogP contribution is 2.07. The van der Waals surface area contributed by atoms with Gasteiger partial charge in [-0.15, -0.1) is 11.3 Å². The number of hydrogen-bond acceptors (Lipinski definition) is 4. The summed E-state index contributed by atoms with van der Waals surface area (Å²) in [6.07, 6.45) is 0. The van der Waals surface area contributed by atoms with Crippen LogP contribution in [0.4, 0.5) is 0 Å². The predicted octanol–water partition coefficient (Wildman–Crippen LogP) is 0.703. The molecule has 0 aliphatic heterocycles. The van der Waals surface area contributed by atoms with E-state index in [0.29, 0.717) is 4.88 Å². The first kappa shape index (κ1) is 15.2. The smallest absolute Gasteiger partial charge is 0.328 e. The molecule has 2 amide bonds. The van der Waals surface area contributed by atoms with Gasteiger partial charge in [-0.25, -0.2) is 4.79 Å². The summed E-state index contributed by atoms with van der Waals surface area (Å²) in [5.74, 6) is -2.20. The van der Waals surface area contributed by atoms with Gasteiger partial charge in [-0.2, -0.15) is 0 Å². The van der Waals surface area contributed by atoms with Crippen LogP contribution in [0.3, 0.4) is 0 Å². The van der Waals surface area contributed by atoms with Crippen LogP contribution in [-0.2, 0) is 9.59 Å². The molecule has 0 spiro atoms. The van der Waals surface area contributed by atoms with Gasteiger partial charge in [0.15, 0.2) is 0 Å². The number of carboxylic acids is 1. The monoisotopic (exact) mass is 284 g/mol. The van der Waals surface area contributed by atoms with E-state index < -0.39 is 12.0 Å². The molecule has 1 aromatic heterocycles. The van der Waals surface area contributed by atoms with E-state index in [1.807, 2.05) is 0 Å². The Morgan fingerprint density at radius 3 is 2.53 bits per heavy atom. The lowest BCUT2D eigenvalue weighted by Crippen LogP contribution is -2.49. The minimum absolute atomic E-state index is 0.148. The van der Waals surface area contributed by atoms with Gasteiger partial charge in [-0.05, 0) is 11.4 Å². The van der Waals surface area contributed by atoms with Gasteiger partial charge < -0.3 is 15.7 Å². The van der Waals surface area contributed by atoms with Crippen molar-refractivity contribution < 1.29 is 19.5 Å². The second-order valence-corrected chi connectivity index (χ2v) is 5.19. The highest BCUT2D eigenvalue weighted by Gasteiger charge is 2.22. The molecule has 1 rings (SSSR count). The van der Waals surface area contributed by atoms with Crippen LogP contribution < -0.4 is 10.6 Å². The average Bonchev–Trinajstić information content (AvgIpc) is 2.86. The fourth-order valence-electron chi connectivity index (χ4n) is 1.23. The molecule has 0 aliphatic rings. The van der Waals surface area contributed by atoms with E-state index >= 15 is 0 Å². The first-order valence-corrected chi connectivity index (χ1v) is 6.64. The Hall–Kier alpha value is -1.89. The third-order valence-electron chi connectivity index (χ3n) is 2.35. The lowest BCUT2D eigenvalue weighted by atomic mass is 10.2. The lowest BCUT2D eigenvalue weighted by molar-refractivity contribution is -0.142. The maximum Gasteiger partial charge on any atom is 0.328 e. The van der Waals surface area contributed by atoms with E-state index in [9.17, 15) is 14.4 Å². The molecular weight excluding hydrogens is 268 g/mol. The Bertz CT molecular complexity index is 456. The van der Waals surface area contributed by atoms with Crippen molar-refractivity contribution in [3.63, 3.8) is 0 Å². The highest BCUT2D eigenvalue weighted by atomic mass is 32.1. The number of hydrogen-bond donors (Lipinski definition) is 3. The van der Waals surface area contributed by atoms with Crippen molar-refractivity contribution in [2.75, 3.05) is 6.54 Å². The molecule has 0 radical (unpaired) electrons. The van der Waals surface area contributed by atoms with Crippen LogP contribution in [0.2, 0.25) is 0 Å². The number of amides is 2. The summed E-state index contributed by atoms with van der Waals surface area (Å²) in [6, 6.07) is 2.25. The lowest BCUT2D eigenvalue weighted by Gasteiger charge is -2.16. The van der Waals surface area contributed by atoms with Gasteiger partial charge in [-0.3, -0.25) is 9.59 Å². The normalized spacial score (nSPS) is 11.9. The van der Waals surface area contributed by atoms with Gasteiger partial charge >= 0.3 is 5.97 Å². The van der Waals surface area contributed by atoms with Crippen LogP contribution in [0.15, 0.2) is 17.5 Å². The van der Waals surface area contributed by atoms with E-state index in [-0.39, 0.29) is 24.3 Å². The van der Waals surface area contributed by atoms with Crippen molar-refractivity contribution in [1.82, 2.24) is 10.6 Å². The molecule has 19 heavy (non-hydrogen) atoms. The topological polar surface area (TPSA) is 95.5 Å². The van der Waals surface area contributed by atoms with Crippen molar-refractivity contribution in [2.45, 2.75) is 19.9 Å². The quantitative estimate of drug-likeness (QED) is 0.716. The summed E-state index contributed by atoms with van der Waals surface area (Å²) in [7, 11) is 0. The molecule has 0 aromatic carbocycles. The Kier molecular flexibility index (Phi) is 5.50. The summed E-state index contributed by atoms with van der Waals surface area (Å²) < 4.78 is 0. The fourth-order valence-corrected chi connectivity index (χ4v) is 1.87. The summed E-state index contributed by atoms with van der Waals surface area (Å²) in [6.45, 7) is 3.18. The van der Waals surface area contributed by atoms with Gasteiger partial charge in [0.05, 0.1) is 4.88 Å². The zero-order valence-electron chi connectivity index (χ0n) is 10.7. The predicted molar refractivity (Wildman–Crippen MR) is 71.1 cm³/mol. The molecule has 6 nitrogen and oxygen atoms in total. The maximum absolute atomic E-state index is 11.6. The molecule has 1 atom stereocenters. The van der Waals surface area contributed by atoms with Gasteiger partial charge in [-0.1, -0.05) is 19.9 Å². The van der Waals surface area contributed by atoms with Crippen LogP contribution in [0.5, 0.6) is 0 Å². The summed E-state index contributed by atoms with van der Waals surface area (Å²) in [5.41, 5.74) is 0. The number of carboxylic acid groups (broad SMARTS) is 1. The summed E-state index contributed by atoms with van der Waals surface area (Å²) in [4.78, 5) is 34.6. The number of carbonyl (C=O) groups is 3. The fraction of sp³-hybridized carbons (Fsp3) is 0.417. The van der Waals surface area contributed by atoms with E-state index in [4.69, 9.17) is 5.11 Å². The molecule has 1 unspecified atom stereocenters. The molecule has 0 bridgehead atoms. The van der Waals surface area contributed by atoms with Crippen LogP contribution in [0.25, 0.3) is 0 Å². The maximum atomic E-state index is 11.6. The van der Waals surface area contributed by atoms with Gasteiger partial charge in [0.2, 0.25) is 5.91 Å². The number of carbonyl (C=O) groups excluding carboxylic acids is 2. The van der Waals surface area contributed by atoms with Gasteiger partial charge in [0.25, 0.3) is 5.91 Å². The Morgan fingerprint density at radius 2 is 2.05 bits per heavy atom. The number of thiophene rings is 1. The summed E-state index contributed by atoms with van der Waals surface area (Å²) in [5, 5.41) is 15.6. The van der Waals surface area contributed by atoms with Gasteiger partial charge in [0, 0.05) is 12.5 Å². The first-order chi connectivity index (χ1) is 8.91. The van der Waals surface area contributed by atoms with E-state index in [1.165, 1.54) is 11.3 Å². The third-order valence-corrected chi connectivity index (χ3v) is 3.22. The Morgan fingerprint density at radius 1 is 1.37 bits per heavy atom. The van der Waals surface area contributed by atoms with Crippen molar-refractivity contribution in [3.8, 4) is 0 Å². The SMILES string of the molecule is CC(C)C(=O)NC(CNC(=O)c1cccs1)C(=O)O. The van der Waals surface area contributed by atoms with Crippen molar-refractivity contribution >= 4 is 29.1 Å². The van der Waals surface area contributed by atoms with Crippen LogP contribution >= 0.6 is 11.3 Å². The zero-order valence-corrected chi connectivity index (χ0v) is 11.5. The minimum Gasteiger partial charge on any atom is -0.480 e. The molecule has 0 aliphatic carbocycles. The molecule has 0 saturated carbocycles. The van der Waals surface area contributed by atoms with E-state index in [1.54, 1.807) is 31.4 Å². The van der Waals surface area contributed by atoms with Crippen LogP contribution in [0, 0.1) is 5.92 Å². The summed E-state index contributed by atoms with van der Waals surface area (Å²) >= 11 is 1.26. The second-order valence-electron chi connectivity index (χ2n) is 4.24. The van der Waals surface area contributed by atoms with Crippen molar-refractivity contribution in [3.05, 3.63) is 22.4 Å². The molecule has 0 saturated heterocycles. The number of nitrogens with one attached hydrogen (secondary N) is 2. The van der Waals surface area contributed by atoms with Gasteiger partial charge in [0.1, 0.15) is 6.04 Å². The average molecular weight is 284 g/mol. The van der Waals surface area contributed by atoms with Crippen LogP contribution in [-0.4, -0.2) is 35.5 Å².